The van der Waals surface area contributed by atoms with Crippen LogP contribution in [0.2, 0.25) is 0 Å². The SMILES string of the molecule is O=Cc1cc(C(F)(F)F)ccc1-c1cccs1. The number of carbonyl (C=O) groups is 1. The maximum absolute atomic E-state index is 12.5. The molecule has 0 atom stereocenters. The van der Waals surface area contributed by atoms with Crippen molar-refractivity contribution in [2.24, 2.45) is 0 Å². The summed E-state index contributed by atoms with van der Waals surface area (Å²) in [6, 6.07) is 6.75. The van der Waals surface area contributed by atoms with Crippen LogP contribution < -0.4 is 0 Å². The van der Waals surface area contributed by atoms with E-state index in [-0.39, 0.29) is 5.56 Å². The van der Waals surface area contributed by atoms with Gasteiger partial charge in [0, 0.05) is 16.0 Å². The monoisotopic (exact) mass is 256 g/mol. The Bertz CT molecular complexity index is 529. The van der Waals surface area contributed by atoms with Crippen LogP contribution >= 0.6 is 11.3 Å². The summed E-state index contributed by atoms with van der Waals surface area (Å²) in [7, 11) is 0. The predicted molar refractivity (Wildman–Crippen MR) is 60.1 cm³/mol. The van der Waals surface area contributed by atoms with E-state index in [1.807, 2.05) is 5.38 Å². The highest BCUT2D eigenvalue weighted by molar-refractivity contribution is 7.13. The first kappa shape index (κ1) is 11.9. The Labute approximate surface area is 99.5 Å². The summed E-state index contributed by atoms with van der Waals surface area (Å²) in [5.74, 6) is 0. The Hall–Kier alpha value is -1.62. The molecular weight excluding hydrogens is 249 g/mol. The van der Waals surface area contributed by atoms with Gasteiger partial charge in [-0.25, -0.2) is 0 Å². The average molecular weight is 256 g/mol. The predicted octanol–water partition coefficient (Wildman–Crippen LogP) is 4.25. The Morgan fingerprint density at radius 3 is 2.47 bits per heavy atom. The Balaban J connectivity index is 2.54. The van der Waals surface area contributed by atoms with Crippen LogP contribution in [0, 0.1) is 0 Å². The van der Waals surface area contributed by atoms with Crippen molar-refractivity contribution >= 4 is 17.6 Å². The van der Waals surface area contributed by atoms with Gasteiger partial charge in [-0.15, -0.1) is 11.3 Å². The molecule has 0 fully saturated rings. The van der Waals surface area contributed by atoms with Gasteiger partial charge in [-0.3, -0.25) is 4.79 Å². The summed E-state index contributed by atoms with van der Waals surface area (Å²) in [6.45, 7) is 0. The summed E-state index contributed by atoms with van der Waals surface area (Å²) >= 11 is 1.38. The van der Waals surface area contributed by atoms with E-state index in [9.17, 15) is 18.0 Å². The van der Waals surface area contributed by atoms with Gasteiger partial charge < -0.3 is 0 Å². The molecule has 0 unspecified atom stereocenters. The molecule has 5 heteroatoms. The number of rotatable bonds is 2. The van der Waals surface area contributed by atoms with Crippen molar-refractivity contribution in [2.45, 2.75) is 6.18 Å². The Morgan fingerprint density at radius 1 is 1.18 bits per heavy atom. The first-order valence-corrected chi connectivity index (χ1v) is 5.60. The highest BCUT2D eigenvalue weighted by Crippen LogP contribution is 2.34. The van der Waals surface area contributed by atoms with Crippen LogP contribution in [0.3, 0.4) is 0 Å². The maximum Gasteiger partial charge on any atom is 0.416 e. The van der Waals surface area contributed by atoms with Crippen LogP contribution in [-0.2, 0) is 6.18 Å². The number of thiophene rings is 1. The molecule has 0 saturated heterocycles. The molecule has 17 heavy (non-hydrogen) atoms. The van der Waals surface area contributed by atoms with E-state index in [1.54, 1.807) is 12.1 Å². The van der Waals surface area contributed by atoms with Crippen LogP contribution in [0.5, 0.6) is 0 Å². The van der Waals surface area contributed by atoms with Gasteiger partial charge in [0.25, 0.3) is 0 Å². The maximum atomic E-state index is 12.5. The van der Waals surface area contributed by atoms with E-state index in [2.05, 4.69) is 0 Å². The minimum Gasteiger partial charge on any atom is -0.298 e. The third-order valence-electron chi connectivity index (χ3n) is 2.29. The van der Waals surface area contributed by atoms with Crippen molar-refractivity contribution in [1.82, 2.24) is 0 Å². The van der Waals surface area contributed by atoms with Gasteiger partial charge in [-0.2, -0.15) is 13.2 Å². The van der Waals surface area contributed by atoms with Crippen molar-refractivity contribution in [1.29, 1.82) is 0 Å². The Kier molecular flexibility index (Phi) is 3.02. The van der Waals surface area contributed by atoms with Crippen LogP contribution in [0.25, 0.3) is 10.4 Å². The molecule has 2 rings (SSSR count). The van der Waals surface area contributed by atoms with Gasteiger partial charge in [-0.1, -0.05) is 12.1 Å². The van der Waals surface area contributed by atoms with Crippen molar-refractivity contribution < 1.29 is 18.0 Å². The lowest BCUT2D eigenvalue weighted by Crippen LogP contribution is -2.05. The molecule has 0 amide bonds. The molecule has 0 aliphatic rings. The summed E-state index contributed by atoms with van der Waals surface area (Å²) in [6.07, 6.45) is -3.98. The number of alkyl halides is 3. The fourth-order valence-corrected chi connectivity index (χ4v) is 2.27. The fraction of sp³-hybridized carbons (Fsp3) is 0.0833. The molecule has 1 aromatic heterocycles. The van der Waals surface area contributed by atoms with Crippen LogP contribution in [-0.4, -0.2) is 6.29 Å². The van der Waals surface area contributed by atoms with Gasteiger partial charge in [0.2, 0.25) is 0 Å². The highest BCUT2D eigenvalue weighted by Gasteiger charge is 2.31. The van der Waals surface area contributed by atoms with E-state index in [4.69, 9.17) is 0 Å². The molecule has 0 aliphatic heterocycles. The van der Waals surface area contributed by atoms with E-state index < -0.39 is 11.7 Å². The molecule has 0 spiro atoms. The third-order valence-corrected chi connectivity index (χ3v) is 3.20. The lowest BCUT2D eigenvalue weighted by Gasteiger charge is -2.09. The number of hydrogen-bond donors (Lipinski definition) is 0. The van der Waals surface area contributed by atoms with E-state index in [1.165, 1.54) is 17.4 Å². The molecular formula is C12H7F3OS. The number of aldehydes is 1. The molecule has 0 N–H and O–H groups in total. The molecule has 0 saturated carbocycles. The zero-order valence-corrected chi connectivity index (χ0v) is 9.31. The number of carbonyl (C=O) groups excluding carboxylic acids is 1. The summed E-state index contributed by atoms with van der Waals surface area (Å²) in [5.41, 5.74) is -0.217. The molecule has 1 nitrogen and oxygen atoms in total. The second-order valence-corrected chi connectivity index (χ2v) is 4.34. The minimum atomic E-state index is -4.42. The smallest absolute Gasteiger partial charge is 0.298 e. The van der Waals surface area contributed by atoms with Crippen molar-refractivity contribution in [3.63, 3.8) is 0 Å². The lowest BCUT2D eigenvalue weighted by atomic mass is 10.0. The third kappa shape index (κ3) is 2.39. The second kappa shape index (κ2) is 4.33. The molecule has 0 radical (unpaired) electrons. The molecule has 0 aliphatic carbocycles. The molecule has 2 aromatic rings. The molecule has 0 bridgehead atoms. The van der Waals surface area contributed by atoms with E-state index in [0.717, 1.165) is 17.0 Å². The molecule has 1 aromatic carbocycles. The van der Waals surface area contributed by atoms with E-state index >= 15 is 0 Å². The van der Waals surface area contributed by atoms with Crippen LogP contribution in [0.1, 0.15) is 15.9 Å². The first-order chi connectivity index (χ1) is 8.02. The summed E-state index contributed by atoms with van der Waals surface area (Å²) in [5, 5.41) is 1.81. The number of benzene rings is 1. The topological polar surface area (TPSA) is 17.1 Å². The molecule has 1 heterocycles. The normalized spacial score (nSPS) is 11.5. The second-order valence-electron chi connectivity index (χ2n) is 3.39. The number of hydrogen-bond acceptors (Lipinski definition) is 2. The average Bonchev–Trinajstić information content (AvgIpc) is 2.80. The lowest BCUT2D eigenvalue weighted by molar-refractivity contribution is -0.137. The number of halogens is 3. The Morgan fingerprint density at radius 2 is 1.94 bits per heavy atom. The summed E-state index contributed by atoms with van der Waals surface area (Å²) in [4.78, 5) is 11.6. The van der Waals surface area contributed by atoms with Gasteiger partial charge in [0.1, 0.15) is 0 Å². The van der Waals surface area contributed by atoms with Crippen molar-refractivity contribution in [2.75, 3.05) is 0 Å². The minimum absolute atomic E-state index is 0.0577. The van der Waals surface area contributed by atoms with Gasteiger partial charge in [-0.05, 0) is 23.6 Å². The zero-order valence-electron chi connectivity index (χ0n) is 8.49. The van der Waals surface area contributed by atoms with Gasteiger partial charge >= 0.3 is 6.18 Å². The van der Waals surface area contributed by atoms with Gasteiger partial charge in [0.15, 0.2) is 6.29 Å². The van der Waals surface area contributed by atoms with Crippen molar-refractivity contribution in [3.8, 4) is 10.4 Å². The summed E-state index contributed by atoms with van der Waals surface area (Å²) < 4.78 is 37.4. The first-order valence-electron chi connectivity index (χ1n) is 4.72. The van der Waals surface area contributed by atoms with Crippen molar-refractivity contribution in [3.05, 3.63) is 46.8 Å². The zero-order chi connectivity index (χ0) is 12.5. The largest absolute Gasteiger partial charge is 0.416 e. The standard InChI is InChI=1S/C12H7F3OS/c13-12(14,15)9-3-4-10(8(6-9)7-16)11-2-1-5-17-11/h1-7H. The van der Waals surface area contributed by atoms with Crippen LogP contribution in [0.4, 0.5) is 13.2 Å². The molecule has 88 valence electrons. The fourth-order valence-electron chi connectivity index (χ4n) is 1.49. The van der Waals surface area contributed by atoms with Crippen LogP contribution in [0.15, 0.2) is 35.7 Å². The van der Waals surface area contributed by atoms with Gasteiger partial charge in [0.05, 0.1) is 5.56 Å². The highest BCUT2D eigenvalue weighted by atomic mass is 32.1. The quantitative estimate of drug-likeness (QED) is 0.734. The van der Waals surface area contributed by atoms with E-state index in [0.29, 0.717) is 11.8 Å².